The molecule has 2 aromatic carbocycles. The van der Waals surface area contributed by atoms with Crippen molar-refractivity contribution >= 4 is 17.3 Å². The van der Waals surface area contributed by atoms with Crippen molar-refractivity contribution in [3.63, 3.8) is 0 Å². The number of nitrogens with one attached hydrogen (secondary N) is 1. The molecule has 2 nitrogen and oxygen atoms in total. The second kappa shape index (κ2) is 7.85. The van der Waals surface area contributed by atoms with E-state index in [0.29, 0.717) is 0 Å². The first-order valence-corrected chi connectivity index (χ1v) is 8.93. The molecule has 1 N–H and O–H groups in total. The van der Waals surface area contributed by atoms with Crippen LogP contribution in [0.3, 0.4) is 0 Å². The fraction of sp³-hybridized carbons (Fsp3) is 0.400. The molecule has 0 saturated carbocycles. The maximum absolute atomic E-state index is 6.06. The van der Waals surface area contributed by atoms with Crippen molar-refractivity contribution in [1.29, 1.82) is 0 Å². The predicted molar refractivity (Wildman–Crippen MR) is 99.2 cm³/mol. The zero-order valence-electron chi connectivity index (χ0n) is 13.8. The minimum Gasteiger partial charge on any atom is -0.372 e. The Hall–Kier alpha value is -1.51. The molecule has 1 heterocycles. The molecule has 23 heavy (non-hydrogen) atoms. The summed E-state index contributed by atoms with van der Waals surface area (Å²) in [4.78, 5) is 2.50. The normalized spacial score (nSPS) is 16.3. The Kier molecular flexibility index (Phi) is 5.58. The summed E-state index contributed by atoms with van der Waals surface area (Å²) in [6.45, 7) is 5.44. The Morgan fingerprint density at radius 2 is 1.78 bits per heavy atom. The van der Waals surface area contributed by atoms with Gasteiger partial charge in [-0.15, -0.1) is 0 Å². The number of anilines is 1. The van der Waals surface area contributed by atoms with Crippen molar-refractivity contribution in [3.8, 4) is 0 Å². The third-order valence-electron chi connectivity index (χ3n) is 4.62. The number of hydrogen-bond acceptors (Lipinski definition) is 2. The highest BCUT2D eigenvalue weighted by Gasteiger charge is 2.10. The summed E-state index contributed by atoms with van der Waals surface area (Å²) >= 11 is 6.06. The van der Waals surface area contributed by atoms with Crippen LogP contribution in [0.25, 0.3) is 0 Å². The minimum atomic E-state index is 0.287. The molecule has 1 fully saturated rings. The molecule has 0 bridgehead atoms. The van der Waals surface area contributed by atoms with Crippen LogP contribution in [0, 0.1) is 0 Å². The third-order valence-corrected chi connectivity index (χ3v) is 4.85. The summed E-state index contributed by atoms with van der Waals surface area (Å²) in [5, 5.41) is 4.36. The van der Waals surface area contributed by atoms with Gasteiger partial charge in [-0.1, -0.05) is 35.9 Å². The van der Waals surface area contributed by atoms with E-state index in [1.807, 2.05) is 18.2 Å². The monoisotopic (exact) mass is 328 g/mol. The van der Waals surface area contributed by atoms with E-state index in [-0.39, 0.29) is 6.04 Å². The molecule has 3 heteroatoms. The summed E-state index contributed by atoms with van der Waals surface area (Å²) in [7, 11) is 0. The molecule has 1 atom stereocenters. The van der Waals surface area contributed by atoms with Crippen molar-refractivity contribution in [2.24, 2.45) is 0 Å². The van der Waals surface area contributed by atoms with Crippen LogP contribution in [0.1, 0.15) is 43.4 Å². The van der Waals surface area contributed by atoms with Gasteiger partial charge in [-0.05, 0) is 61.6 Å². The number of nitrogens with zero attached hydrogens (tertiary/aromatic N) is 1. The maximum Gasteiger partial charge on any atom is 0.0409 e. The number of rotatable bonds is 5. The number of piperidine rings is 1. The SMILES string of the molecule is CC(NCc1ccc(N2CCCCC2)cc1)c1cccc(Cl)c1. The Balaban J connectivity index is 1.56. The van der Waals surface area contributed by atoms with Gasteiger partial charge in [-0.3, -0.25) is 0 Å². The lowest BCUT2D eigenvalue weighted by Gasteiger charge is -2.29. The molecule has 0 spiro atoms. The Bertz CT molecular complexity index is 618. The van der Waals surface area contributed by atoms with Crippen molar-refractivity contribution in [3.05, 3.63) is 64.7 Å². The molecule has 122 valence electrons. The molecule has 1 saturated heterocycles. The van der Waals surface area contributed by atoms with E-state index in [1.165, 1.54) is 49.2 Å². The zero-order valence-corrected chi connectivity index (χ0v) is 14.5. The molecular weight excluding hydrogens is 304 g/mol. The van der Waals surface area contributed by atoms with Crippen molar-refractivity contribution in [2.45, 2.75) is 38.8 Å². The lowest BCUT2D eigenvalue weighted by atomic mass is 10.1. The fourth-order valence-electron chi connectivity index (χ4n) is 3.14. The van der Waals surface area contributed by atoms with Crippen LogP contribution >= 0.6 is 11.6 Å². The first-order chi connectivity index (χ1) is 11.2. The summed E-state index contributed by atoms with van der Waals surface area (Å²) < 4.78 is 0. The van der Waals surface area contributed by atoms with Gasteiger partial charge in [0.1, 0.15) is 0 Å². The predicted octanol–water partition coefficient (Wildman–Crippen LogP) is 5.18. The molecule has 0 aliphatic carbocycles. The molecule has 1 aliphatic heterocycles. The second-order valence-electron chi connectivity index (χ2n) is 6.37. The second-order valence-corrected chi connectivity index (χ2v) is 6.81. The molecule has 0 radical (unpaired) electrons. The summed E-state index contributed by atoms with van der Waals surface area (Å²) in [6.07, 6.45) is 4.01. The third kappa shape index (κ3) is 4.49. The minimum absolute atomic E-state index is 0.287. The van der Waals surface area contributed by atoms with Crippen molar-refractivity contribution in [1.82, 2.24) is 5.32 Å². The van der Waals surface area contributed by atoms with E-state index in [1.54, 1.807) is 0 Å². The van der Waals surface area contributed by atoms with Crippen LogP contribution in [0.5, 0.6) is 0 Å². The highest BCUT2D eigenvalue weighted by Crippen LogP contribution is 2.21. The topological polar surface area (TPSA) is 15.3 Å². The van der Waals surface area contributed by atoms with E-state index in [4.69, 9.17) is 11.6 Å². The Labute approximate surface area is 144 Å². The number of benzene rings is 2. The molecule has 0 aromatic heterocycles. The summed E-state index contributed by atoms with van der Waals surface area (Å²) in [6, 6.07) is 17.3. The molecule has 1 aliphatic rings. The molecule has 1 unspecified atom stereocenters. The quantitative estimate of drug-likeness (QED) is 0.813. The lowest BCUT2D eigenvalue weighted by Crippen LogP contribution is -2.29. The fourth-order valence-corrected chi connectivity index (χ4v) is 3.34. The average molecular weight is 329 g/mol. The van der Waals surface area contributed by atoms with Gasteiger partial charge in [-0.2, -0.15) is 0 Å². The van der Waals surface area contributed by atoms with Gasteiger partial charge in [-0.25, -0.2) is 0 Å². The number of halogens is 1. The molecule has 2 aromatic rings. The van der Waals surface area contributed by atoms with Crippen molar-refractivity contribution in [2.75, 3.05) is 18.0 Å². The highest BCUT2D eigenvalue weighted by molar-refractivity contribution is 6.30. The summed E-state index contributed by atoms with van der Waals surface area (Å²) in [5.41, 5.74) is 3.90. The van der Waals surface area contributed by atoms with E-state index >= 15 is 0 Å². The largest absolute Gasteiger partial charge is 0.372 e. The first-order valence-electron chi connectivity index (χ1n) is 8.55. The van der Waals surface area contributed by atoms with E-state index in [0.717, 1.165) is 11.6 Å². The highest BCUT2D eigenvalue weighted by atomic mass is 35.5. The average Bonchev–Trinajstić information content (AvgIpc) is 2.61. The standard InChI is InChI=1S/C20H25ClN2/c1-16(18-6-5-7-19(21)14-18)22-15-17-8-10-20(11-9-17)23-12-3-2-4-13-23/h5-11,14,16,22H,2-4,12-13,15H2,1H3. The van der Waals surface area contributed by atoms with Gasteiger partial charge >= 0.3 is 0 Å². The van der Waals surface area contributed by atoms with Crippen LogP contribution in [0.4, 0.5) is 5.69 Å². The van der Waals surface area contributed by atoms with Gasteiger partial charge in [0.05, 0.1) is 0 Å². The van der Waals surface area contributed by atoms with Gasteiger partial charge < -0.3 is 10.2 Å². The van der Waals surface area contributed by atoms with Gasteiger partial charge in [0.2, 0.25) is 0 Å². The Morgan fingerprint density at radius 1 is 1.04 bits per heavy atom. The van der Waals surface area contributed by atoms with E-state index < -0.39 is 0 Å². The zero-order chi connectivity index (χ0) is 16.1. The molecule has 0 amide bonds. The van der Waals surface area contributed by atoms with Gasteiger partial charge in [0.15, 0.2) is 0 Å². The summed E-state index contributed by atoms with van der Waals surface area (Å²) in [5.74, 6) is 0. The van der Waals surface area contributed by atoms with Crippen LogP contribution in [0.15, 0.2) is 48.5 Å². The van der Waals surface area contributed by atoms with Crippen LogP contribution in [-0.2, 0) is 6.54 Å². The van der Waals surface area contributed by atoms with Gasteiger partial charge in [0.25, 0.3) is 0 Å². The van der Waals surface area contributed by atoms with Crippen LogP contribution in [-0.4, -0.2) is 13.1 Å². The lowest BCUT2D eigenvalue weighted by molar-refractivity contribution is 0.572. The smallest absolute Gasteiger partial charge is 0.0409 e. The van der Waals surface area contributed by atoms with E-state index in [2.05, 4.69) is 47.5 Å². The van der Waals surface area contributed by atoms with Crippen LogP contribution < -0.4 is 10.2 Å². The van der Waals surface area contributed by atoms with Crippen molar-refractivity contribution < 1.29 is 0 Å². The molecule has 3 rings (SSSR count). The first kappa shape index (κ1) is 16.4. The molecular formula is C20H25ClN2. The van der Waals surface area contributed by atoms with Crippen LogP contribution in [0.2, 0.25) is 5.02 Å². The van der Waals surface area contributed by atoms with Gasteiger partial charge in [0, 0.05) is 36.4 Å². The van der Waals surface area contributed by atoms with E-state index in [9.17, 15) is 0 Å². The Morgan fingerprint density at radius 3 is 2.48 bits per heavy atom. The number of hydrogen-bond donors (Lipinski definition) is 1. The maximum atomic E-state index is 6.06.